The SMILES string of the molecule is Cc1cc(-c2cc3ccccc3o2)cc(C)c1N1c2cc(C(C)(C)C)cc3c2B(c2oc4ccc(C(C)(C)C)cc4c21)c1oc2ccc(C(C)(C)C)cc2c1N3c1c(C)cc(-c2cc3ccccc3o2)cc1C. The third kappa shape index (κ3) is 6.91. The van der Waals surface area contributed by atoms with Gasteiger partial charge in [-0.2, -0.15) is 0 Å². The van der Waals surface area contributed by atoms with E-state index in [-0.39, 0.29) is 23.0 Å². The lowest BCUT2D eigenvalue weighted by Crippen LogP contribution is -2.60. The Hall–Kier alpha value is -7.64. The van der Waals surface area contributed by atoms with Crippen molar-refractivity contribution in [3.05, 3.63) is 172 Å². The minimum absolute atomic E-state index is 0.0972. The molecule has 7 heteroatoms. The first-order valence-electron chi connectivity index (χ1n) is 25.8. The Balaban J connectivity index is 1.14. The molecule has 0 amide bonds. The van der Waals surface area contributed by atoms with Crippen molar-refractivity contribution in [3.8, 4) is 22.6 Å². The highest BCUT2D eigenvalue weighted by Gasteiger charge is 2.51. The van der Waals surface area contributed by atoms with Crippen LogP contribution in [0.3, 0.4) is 0 Å². The van der Waals surface area contributed by atoms with Crippen molar-refractivity contribution in [2.45, 2.75) is 106 Å². The van der Waals surface area contributed by atoms with Gasteiger partial charge in [-0.25, -0.2) is 0 Å². The lowest BCUT2D eigenvalue weighted by Gasteiger charge is -2.43. The van der Waals surface area contributed by atoms with Crippen LogP contribution in [0.25, 0.3) is 66.5 Å². The molecule has 73 heavy (non-hydrogen) atoms. The van der Waals surface area contributed by atoms with Crippen LogP contribution in [0.5, 0.6) is 0 Å². The molecule has 0 fully saturated rings. The van der Waals surface area contributed by atoms with E-state index in [4.69, 9.17) is 17.7 Å². The third-order valence-electron chi connectivity index (χ3n) is 15.7. The molecule has 4 aromatic heterocycles. The van der Waals surface area contributed by atoms with Gasteiger partial charge in [0.25, 0.3) is 0 Å². The normalized spacial score (nSPS) is 13.7. The summed E-state index contributed by atoms with van der Waals surface area (Å²) in [7, 11) is 0. The van der Waals surface area contributed by atoms with E-state index in [1.54, 1.807) is 0 Å². The Morgan fingerprint density at radius 3 is 1.12 bits per heavy atom. The molecule has 0 unspecified atom stereocenters. The number of hydrogen-bond acceptors (Lipinski definition) is 6. The molecule has 2 aliphatic heterocycles. The summed E-state index contributed by atoms with van der Waals surface area (Å²) in [5.74, 6) is 1.71. The van der Waals surface area contributed by atoms with Gasteiger partial charge in [0.1, 0.15) is 45.2 Å². The van der Waals surface area contributed by atoms with Crippen LogP contribution in [-0.2, 0) is 16.2 Å². The van der Waals surface area contributed by atoms with Crippen molar-refractivity contribution in [2.24, 2.45) is 0 Å². The Morgan fingerprint density at radius 1 is 0.370 bits per heavy atom. The average Bonchev–Trinajstić information content (AvgIpc) is 4.15. The van der Waals surface area contributed by atoms with Crippen LogP contribution < -0.4 is 26.6 Å². The number of rotatable bonds is 4. The highest BCUT2D eigenvalue weighted by Crippen LogP contribution is 2.53. The Morgan fingerprint density at radius 2 is 0.753 bits per heavy atom. The molecule has 7 aromatic carbocycles. The van der Waals surface area contributed by atoms with Crippen LogP contribution in [0.4, 0.5) is 34.1 Å². The van der Waals surface area contributed by atoms with Gasteiger partial charge in [0.2, 0.25) is 0 Å². The number of nitrogens with zero attached hydrogens (tertiary/aromatic N) is 2. The maximum atomic E-state index is 7.43. The zero-order chi connectivity index (χ0) is 50.8. The third-order valence-corrected chi connectivity index (χ3v) is 15.7. The van der Waals surface area contributed by atoms with Crippen LogP contribution in [0.15, 0.2) is 151 Å². The van der Waals surface area contributed by atoms with Crippen molar-refractivity contribution < 1.29 is 17.7 Å². The van der Waals surface area contributed by atoms with Crippen molar-refractivity contribution in [2.75, 3.05) is 9.80 Å². The monoisotopic (exact) mass is 956 g/mol. The van der Waals surface area contributed by atoms with Crippen molar-refractivity contribution in [1.29, 1.82) is 0 Å². The Labute approximate surface area is 428 Å². The first-order valence-corrected chi connectivity index (χ1v) is 25.8. The molecule has 362 valence electrons. The fraction of sp³-hybridized carbons (Fsp3) is 0.242. The topological polar surface area (TPSA) is 59.0 Å². The van der Waals surface area contributed by atoms with Crippen LogP contribution in [-0.4, -0.2) is 6.71 Å². The predicted octanol–water partition coefficient (Wildman–Crippen LogP) is 17.2. The second-order valence-electron chi connectivity index (χ2n) is 24.0. The summed E-state index contributed by atoms with van der Waals surface area (Å²) in [5.41, 5.74) is 22.9. The van der Waals surface area contributed by atoms with Gasteiger partial charge in [-0.15, -0.1) is 0 Å². The summed E-state index contributed by atoms with van der Waals surface area (Å²) in [4.78, 5) is 5.08. The van der Waals surface area contributed by atoms with E-state index in [0.717, 1.165) is 140 Å². The second kappa shape index (κ2) is 15.4. The van der Waals surface area contributed by atoms with E-state index in [2.05, 4.69) is 209 Å². The maximum absolute atomic E-state index is 7.43. The molecule has 0 atom stereocenters. The van der Waals surface area contributed by atoms with E-state index < -0.39 is 0 Å². The van der Waals surface area contributed by atoms with E-state index in [0.29, 0.717) is 0 Å². The molecule has 13 rings (SSSR count). The van der Waals surface area contributed by atoms with Crippen molar-refractivity contribution in [3.63, 3.8) is 0 Å². The molecule has 0 saturated carbocycles. The van der Waals surface area contributed by atoms with Gasteiger partial charge in [-0.05, 0) is 173 Å². The summed E-state index contributed by atoms with van der Waals surface area (Å²) in [6.07, 6.45) is 0. The molecule has 0 bridgehead atoms. The lowest BCUT2D eigenvalue weighted by molar-refractivity contribution is 0.590. The quantitative estimate of drug-likeness (QED) is 0.164. The summed E-state index contributed by atoms with van der Waals surface area (Å²) in [6.45, 7) is 29.3. The second-order valence-corrected chi connectivity index (χ2v) is 24.0. The number of hydrogen-bond donors (Lipinski definition) is 0. The van der Waals surface area contributed by atoms with Gasteiger partial charge >= 0.3 is 6.71 Å². The molecule has 6 nitrogen and oxygen atoms in total. The standard InChI is InChI=1S/C66H61BN2O4/c1-36-26-42(55-30-40-18-14-16-20-51(40)70-55)27-37(2)58(36)68-49-34-46(66(11,12)13)35-50-57(49)67(62-60(68)47-32-44(64(5,6)7)22-24-53(47)72-62)63-61(48-33-45(65(8,9)10)23-25-54(48)73-63)69(50)59-38(3)28-43(29-39(59)4)56-31-41-19-15-17-21-52(41)71-56/h14-35H,1-13H3. The van der Waals surface area contributed by atoms with Crippen LogP contribution in [0.2, 0.25) is 0 Å². The van der Waals surface area contributed by atoms with Gasteiger partial charge in [0.15, 0.2) is 0 Å². The van der Waals surface area contributed by atoms with E-state index in [9.17, 15) is 0 Å². The molecule has 6 heterocycles. The molecule has 0 saturated heterocycles. The van der Waals surface area contributed by atoms with Crippen LogP contribution >= 0.6 is 0 Å². The molecular weight excluding hydrogens is 896 g/mol. The molecule has 0 aliphatic carbocycles. The van der Waals surface area contributed by atoms with Crippen molar-refractivity contribution >= 4 is 101 Å². The largest absolute Gasteiger partial charge is 0.468 e. The molecule has 2 aliphatic rings. The molecular formula is C66H61BN2O4. The smallest absolute Gasteiger partial charge is 0.342 e. The lowest BCUT2D eigenvalue weighted by atomic mass is 9.37. The van der Waals surface area contributed by atoms with E-state index in [1.165, 1.54) is 16.7 Å². The highest BCUT2D eigenvalue weighted by atomic mass is 16.4. The van der Waals surface area contributed by atoms with Crippen LogP contribution in [0, 0.1) is 27.7 Å². The zero-order valence-electron chi connectivity index (χ0n) is 44.3. The van der Waals surface area contributed by atoms with Gasteiger partial charge in [-0.1, -0.05) is 111 Å². The van der Waals surface area contributed by atoms with Gasteiger partial charge in [0.05, 0.1) is 22.7 Å². The first kappa shape index (κ1) is 45.2. The minimum atomic E-state index is -0.363. The van der Waals surface area contributed by atoms with E-state index in [1.807, 2.05) is 24.3 Å². The summed E-state index contributed by atoms with van der Waals surface area (Å²) in [5, 5.41) is 4.35. The summed E-state index contributed by atoms with van der Waals surface area (Å²) >= 11 is 0. The maximum Gasteiger partial charge on any atom is 0.342 e. The number of anilines is 6. The molecule has 11 aromatic rings. The number of para-hydroxylation sites is 2. The number of furan rings is 4. The Bertz CT molecular complexity index is 3750. The fourth-order valence-electron chi connectivity index (χ4n) is 12.0. The fourth-order valence-corrected chi connectivity index (χ4v) is 12.0. The van der Waals surface area contributed by atoms with Crippen molar-refractivity contribution in [1.82, 2.24) is 0 Å². The van der Waals surface area contributed by atoms with Gasteiger partial charge < -0.3 is 27.5 Å². The number of fused-ring (bicyclic) bond motifs is 10. The average molecular weight is 957 g/mol. The van der Waals surface area contributed by atoms with E-state index >= 15 is 0 Å². The first-order chi connectivity index (χ1) is 34.7. The van der Waals surface area contributed by atoms with Crippen LogP contribution in [0.1, 0.15) is 101 Å². The predicted molar refractivity (Wildman–Crippen MR) is 305 cm³/mol. The highest BCUT2D eigenvalue weighted by molar-refractivity contribution is 6.99. The zero-order valence-corrected chi connectivity index (χ0v) is 44.3. The summed E-state index contributed by atoms with van der Waals surface area (Å²) < 4.78 is 27.9. The minimum Gasteiger partial charge on any atom is -0.468 e. The Kier molecular flexibility index (Phi) is 9.57. The molecule has 0 radical (unpaired) electrons. The molecule has 0 N–H and O–H groups in total. The van der Waals surface area contributed by atoms with Gasteiger partial charge in [0, 0.05) is 44.0 Å². The summed E-state index contributed by atoms with van der Waals surface area (Å²) in [6, 6.07) is 48.5. The van der Waals surface area contributed by atoms with Gasteiger partial charge in [-0.3, -0.25) is 0 Å². The molecule has 0 spiro atoms. The number of benzene rings is 7. The number of aryl methyl sites for hydroxylation is 4.